The monoisotopic (exact) mass is 253 g/mol. The molecular weight excluding hydrogens is 238 g/mol. The van der Waals surface area contributed by atoms with E-state index >= 15 is 0 Å². The van der Waals surface area contributed by atoms with E-state index in [0.29, 0.717) is 6.42 Å². The molecule has 0 unspecified atom stereocenters. The zero-order valence-corrected chi connectivity index (χ0v) is 11.0. The zero-order chi connectivity index (χ0) is 13.4. The topological polar surface area (TPSA) is 50.7 Å². The van der Waals surface area contributed by atoms with Gasteiger partial charge in [-0.15, -0.1) is 0 Å². The lowest BCUT2D eigenvalue weighted by Crippen LogP contribution is -2.16. The molecule has 0 aliphatic carbocycles. The smallest absolute Gasteiger partial charge is 0.251 e. The summed E-state index contributed by atoms with van der Waals surface area (Å²) in [5.74, 6) is -0.00430. The summed E-state index contributed by atoms with van der Waals surface area (Å²) in [5, 5.41) is 5.32. The molecule has 0 bridgehead atoms. The first-order valence-electron chi connectivity index (χ1n) is 6.26. The Labute approximate surface area is 111 Å². The molecule has 4 heteroatoms. The van der Waals surface area contributed by atoms with Gasteiger partial charge >= 0.3 is 0 Å². The molecule has 19 heavy (non-hydrogen) atoms. The Morgan fingerprint density at radius 3 is 2.84 bits per heavy atom. The van der Waals surface area contributed by atoms with Crippen LogP contribution in [0.5, 0.6) is 0 Å². The van der Waals surface area contributed by atoms with Crippen LogP contribution in [0.1, 0.15) is 21.7 Å². The van der Waals surface area contributed by atoms with Gasteiger partial charge in [0.2, 0.25) is 0 Å². The Morgan fingerprint density at radius 2 is 2.11 bits per heavy atom. The van der Waals surface area contributed by atoms with Gasteiger partial charge in [-0.1, -0.05) is 18.2 Å². The summed E-state index contributed by atoms with van der Waals surface area (Å²) in [6, 6.07) is 9.90. The molecule has 96 valence electrons. The van der Waals surface area contributed by atoms with Crippen molar-refractivity contribution < 1.29 is 4.79 Å². The number of carbonyl (C=O) groups is 1. The molecule has 0 fully saturated rings. The van der Waals surface area contributed by atoms with E-state index < -0.39 is 0 Å². The van der Waals surface area contributed by atoms with Crippen molar-refractivity contribution in [2.75, 3.05) is 0 Å². The third-order valence-electron chi connectivity index (χ3n) is 3.26. The van der Waals surface area contributed by atoms with E-state index in [1.54, 1.807) is 0 Å². The van der Waals surface area contributed by atoms with Crippen molar-refractivity contribution in [2.24, 2.45) is 0 Å². The number of fused-ring (bicyclic) bond motifs is 1. The Hall–Kier alpha value is -2.36. The van der Waals surface area contributed by atoms with Crippen LogP contribution in [-0.4, -0.2) is 20.7 Å². The van der Waals surface area contributed by atoms with Crippen molar-refractivity contribution in [3.8, 4) is 0 Å². The highest BCUT2D eigenvalue weighted by Gasteiger charge is 2.13. The maximum atomic E-state index is 12.3. The highest BCUT2D eigenvalue weighted by Crippen LogP contribution is 2.18. The van der Waals surface area contributed by atoms with E-state index in [1.807, 2.05) is 50.4 Å². The molecule has 0 aliphatic heterocycles. The van der Waals surface area contributed by atoms with Crippen LogP contribution in [0, 0.1) is 13.8 Å². The molecule has 0 amide bonds. The predicted octanol–water partition coefficient (Wildman–Crippen LogP) is 2.86. The van der Waals surface area contributed by atoms with Crippen LogP contribution < -0.4 is 0 Å². The first kappa shape index (κ1) is 11.7. The van der Waals surface area contributed by atoms with Gasteiger partial charge in [0, 0.05) is 22.8 Å². The number of nitrogens with zero attached hydrogens (tertiary/aromatic N) is 2. The number of carbonyl (C=O) groups excluding carboxylic acids is 1. The number of aryl methyl sites for hydroxylation is 2. The number of benzene rings is 1. The highest BCUT2D eigenvalue weighted by molar-refractivity contribution is 5.89. The lowest BCUT2D eigenvalue weighted by atomic mass is 10.1. The van der Waals surface area contributed by atoms with Gasteiger partial charge in [-0.25, -0.2) is 4.68 Å². The third kappa shape index (κ3) is 2.05. The lowest BCUT2D eigenvalue weighted by molar-refractivity contribution is 0.0896. The summed E-state index contributed by atoms with van der Waals surface area (Å²) in [4.78, 5) is 15.5. The number of hydrogen-bond acceptors (Lipinski definition) is 2. The number of para-hydroxylation sites is 1. The van der Waals surface area contributed by atoms with Crippen molar-refractivity contribution in [2.45, 2.75) is 20.3 Å². The number of H-pyrrole nitrogens is 1. The second kappa shape index (κ2) is 4.39. The average Bonchev–Trinajstić information content (AvgIpc) is 2.94. The van der Waals surface area contributed by atoms with E-state index in [4.69, 9.17) is 0 Å². The largest absolute Gasteiger partial charge is 0.361 e. The third-order valence-corrected chi connectivity index (χ3v) is 3.26. The second-order valence-electron chi connectivity index (χ2n) is 4.77. The van der Waals surface area contributed by atoms with E-state index in [0.717, 1.165) is 27.9 Å². The van der Waals surface area contributed by atoms with Crippen molar-refractivity contribution >= 4 is 16.8 Å². The number of rotatable bonds is 2. The summed E-state index contributed by atoms with van der Waals surface area (Å²) < 4.78 is 1.48. The van der Waals surface area contributed by atoms with Crippen LogP contribution in [0.2, 0.25) is 0 Å². The molecule has 0 atom stereocenters. The lowest BCUT2D eigenvalue weighted by Gasteiger charge is -2.02. The molecule has 4 nitrogen and oxygen atoms in total. The van der Waals surface area contributed by atoms with Gasteiger partial charge < -0.3 is 4.98 Å². The Balaban J connectivity index is 1.93. The quantitative estimate of drug-likeness (QED) is 0.763. The first-order valence-corrected chi connectivity index (χ1v) is 6.26. The first-order chi connectivity index (χ1) is 9.15. The van der Waals surface area contributed by atoms with Gasteiger partial charge in [-0.2, -0.15) is 5.10 Å². The molecule has 1 N–H and O–H groups in total. The standard InChI is InChI=1S/C15H15N3O/c1-10-7-11(2)18(17-10)15(19)8-12-9-16-14-6-4-3-5-13(12)14/h3-7,9,16H,8H2,1-2H3. The van der Waals surface area contributed by atoms with Crippen LogP contribution in [-0.2, 0) is 6.42 Å². The fraction of sp³-hybridized carbons (Fsp3) is 0.200. The second-order valence-corrected chi connectivity index (χ2v) is 4.77. The van der Waals surface area contributed by atoms with Gasteiger partial charge in [0.05, 0.1) is 12.1 Å². The fourth-order valence-electron chi connectivity index (χ4n) is 2.40. The molecule has 0 saturated heterocycles. The molecule has 0 aliphatic rings. The number of nitrogens with one attached hydrogen (secondary N) is 1. The molecule has 2 aromatic heterocycles. The number of aromatic amines is 1. The highest BCUT2D eigenvalue weighted by atomic mass is 16.2. The Kier molecular flexibility index (Phi) is 2.71. The molecule has 0 spiro atoms. The predicted molar refractivity (Wildman–Crippen MR) is 74.3 cm³/mol. The molecule has 0 saturated carbocycles. The van der Waals surface area contributed by atoms with E-state index in [2.05, 4.69) is 10.1 Å². The summed E-state index contributed by atoms with van der Waals surface area (Å²) in [7, 11) is 0. The fourth-order valence-corrected chi connectivity index (χ4v) is 2.40. The van der Waals surface area contributed by atoms with Crippen LogP contribution >= 0.6 is 0 Å². The van der Waals surface area contributed by atoms with Crippen LogP contribution in [0.25, 0.3) is 10.9 Å². The average molecular weight is 253 g/mol. The minimum absolute atomic E-state index is 0.00430. The summed E-state index contributed by atoms with van der Waals surface area (Å²) in [6.45, 7) is 3.79. The van der Waals surface area contributed by atoms with Crippen LogP contribution in [0.15, 0.2) is 36.5 Å². The minimum atomic E-state index is -0.00430. The van der Waals surface area contributed by atoms with Crippen molar-refractivity contribution in [3.63, 3.8) is 0 Å². The Bertz CT molecular complexity index is 752. The van der Waals surface area contributed by atoms with Crippen molar-refractivity contribution in [1.82, 2.24) is 14.8 Å². The molecule has 2 heterocycles. The minimum Gasteiger partial charge on any atom is -0.361 e. The Morgan fingerprint density at radius 1 is 1.32 bits per heavy atom. The van der Waals surface area contributed by atoms with Gasteiger partial charge in [0.25, 0.3) is 5.91 Å². The van der Waals surface area contributed by atoms with Gasteiger partial charge in [0.1, 0.15) is 0 Å². The normalized spacial score (nSPS) is 11.1. The van der Waals surface area contributed by atoms with Gasteiger partial charge in [-0.05, 0) is 31.5 Å². The van der Waals surface area contributed by atoms with Crippen molar-refractivity contribution in [1.29, 1.82) is 0 Å². The molecule has 3 aromatic rings. The molecule has 1 aromatic carbocycles. The SMILES string of the molecule is Cc1cc(C)n(C(=O)Cc2c[nH]c3ccccc23)n1. The maximum Gasteiger partial charge on any atom is 0.251 e. The summed E-state index contributed by atoms with van der Waals surface area (Å²) in [6.07, 6.45) is 2.25. The summed E-state index contributed by atoms with van der Waals surface area (Å²) >= 11 is 0. The molecular formula is C15H15N3O. The number of hydrogen-bond donors (Lipinski definition) is 1. The van der Waals surface area contributed by atoms with Gasteiger partial charge in [-0.3, -0.25) is 4.79 Å². The van der Waals surface area contributed by atoms with Crippen molar-refractivity contribution in [3.05, 3.63) is 53.5 Å². The zero-order valence-electron chi connectivity index (χ0n) is 11.0. The van der Waals surface area contributed by atoms with Crippen LogP contribution in [0.3, 0.4) is 0 Å². The maximum absolute atomic E-state index is 12.3. The van der Waals surface area contributed by atoms with Gasteiger partial charge in [0.15, 0.2) is 0 Å². The van der Waals surface area contributed by atoms with E-state index in [1.165, 1.54) is 4.68 Å². The number of aromatic nitrogens is 3. The molecule has 0 radical (unpaired) electrons. The summed E-state index contributed by atoms with van der Waals surface area (Å²) in [5.41, 5.74) is 3.80. The van der Waals surface area contributed by atoms with E-state index in [9.17, 15) is 4.79 Å². The van der Waals surface area contributed by atoms with Crippen LogP contribution in [0.4, 0.5) is 0 Å². The van der Waals surface area contributed by atoms with E-state index in [-0.39, 0.29) is 5.91 Å². The molecule has 3 rings (SSSR count).